The molecule has 118 valence electrons. The molecule has 2 aliphatic heterocycles. The summed E-state index contributed by atoms with van der Waals surface area (Å²) < 4.78 is 10.9. The molecular weight excluding hydrogens is 296 g/mol. The van der Waals surface area contributed by atoms with Crippen molar-refractivity contribution in [2.45, 2.75) is 0 Å². The second-order valence-corrected chi connectivity index (χ2v) is 5.85. The predicted octanol–water partition coefficient (Wildman–Crippen LogP) is 2.02. The Balaban J connectivity index is 1.85. The van der Waals surface area contributed by atoms with E-state index >= 15 is 0 Å². The smallest absolute Gasteiger partial charge is 0.111 e. The second kappa shape index (κ2) is 7.72. The van der Waals surface area contributed by atoms with E-state index < -0.39 is 0 Å². The first-order valence-electron chi connectivity index (χ1n) is 7.80. The Morgan fingerprint density at radius 2 is 1.50 bits per heavy atom. The van der Waals surface area contributed by atoms with E-state index in [9.17, 15) is 0 Å². The Hall–Kier alpha value is -1.43. The normalized spacial score (nSPS) is 20.1. The summed E-state index contributed by atoms with van der Waals surface area (Å²) >= 11 is 5.79. The lowest BCUT2D eigenvalue weighted by molar-refractivity contribution is 0.0595. The Bertz CT molecular complexity index is 521. The summed E-state index contributed by atoms with van der Waals surface area (Å²) in [5.74, 6) is 0. The number of hydrogen-bond acceptors (Lipinski definition) is 4. The van der Waals surface area contributed by atoms with E-state index in [0.717, 1.165) is 63.2 Å². The van der Waals surface area contributed by atoms with Crippen molar-refractivity contribution in [1.82, 2.24) is 9.80 Å². The number of thiocarbonyl (C=S) groups is 1. The van der Waals surface area contributed by atoms with Gasteiger partial charge in [0, 0.05) is 38.0 Å². The largest absolute Gasteiger partial charge is 0.378 e. The summed E-state index contributed by atoms with van der Waals surface area (Å²) in [7, 11) is 0. The number of ether oxygens (including phenoxy) is 2. The fraction of sp³-hybridized carbons (Fsp3) is 0.471. The van der Waals surface area contributed by atoms with Crippen LogP contribution in [0.1, 0.15) is 5.56 Å². The van der Waals surface area contributed by atoms with Crippen molar-refractivity contribution in [1.29, 1.82) is 0 Å². The van der Waals surface area contributed by atoms with E-state index in [-0.39, 0.29) is 0 Å². The van der Waals surface area contributed by atoms with Crippen LogP contribution in [-0.4, -0.2) is 67.4 Å². The average molecular weight is 318 g/mol. The van der Waals surface area contributed by atoms with Gasteiger partial charge < -0.3 is 19.3 Å². The summed E-state index contributed by atoms with van der Waals surface area (Å²) in [6.07, 6.45) is 2.20. The molecule has 0 bridgehead atoms. The minimum absolute atomic E-state index is 0.750. The maximum Gasteiger partial charge on any atom is 0.111 e. The zero-order chi connectivity index (χ0) is 15.2. The lowest BCUT2D eigenvalue weighted by atomic mass is 10.1. The lowest BCUT2D eigenvalue weighted by Crippen LogP contribution is -2.41. The van der Waals surface area contributed by atoms with Crippen molar-refractivity contribution < 1.29 is 9.47 Å². The molecule has 0 spiro atoms. The van der Waals surface area contributed by atoms with E-state index in [0.29, 0.717) is 0 Å². The first-order chi connectivity index (χ1) is 10.8. The van der Waals surface area contributed by atoms with Crippen molar-refractivity contribution in [3.05, 3.63) is 42.1 Å². The van der Waals surface area contributed by atoms with Crippen LogP contribution in [-0.2, 0) is 9.47 Å². The van der Waals surface area contributed by atoms with Crippen LogP contribution >= 0.6 is 12.2 Å². The summed E-state index contributed by atoms with van der Waals surface area (Å²) in [5.41, 5.74) is 2.30. The molecule has 0 saturated carbocycles. The van der Waals surface area contributed by atoms with Crippen molar-refractivity contribution in [3.63, 3.8) is 0 Å². The van der Waals surface area contributed by atoms with Gasteiger partial charge in [0.2, 0.25) is 0 Å². The Labute approximate surface area is 137 Å². The zero-order valence-corrected chi connectivity index (χ0v) is 13.6. The van der Waals surface area contributed by atoms with Gasteiger partial charge in [-0.05, 0) is 5.56 Å². The first kappa shape index (κ1) is 15.5. The van der Waals surface area contributed by atoms with Gasteiger partial charge in [0.15, 0.2) is 0 Å². The minimum Gasteiger partial charge on any atom is -0.378 e. The van der Waals surface area contributed by atoms with Gasteiger partial charge in [-0.15, -0.1) is 0 Å². The fourth-order valence-electron chi connectivity index (χ4n) is 2.70. The summed E-state index contributed by atoms with van der Waals surface area (Å²) in [5, 5.41) is 0. The van der Waals surface area contributed by atoms with Gasteiger partial charge in [-0.1, -0.05) is 42.5 Å². The van der Waals surface area contributed by atoms with Gasteiger partial charge >= 0.3 is 0 Å². The molecule has 0 atom stereocenters. The van der Waals surface area contributed by atoms with Crippen LogP contribution in [0.25, 0.3) is 5.57 Å². The van der Waals surface area contributed by atoms with Crippen LogP contribution in [0.2, 0.25) is 0 Å². The quantitative estimate of drug-likeness (QED) is 0.627. The third kappa shape index (κ3) is 3.85. The van der Waals surface area contributed by atoms with Crippen LogP contribution in [0.3, 0.4) is 0 Å². The third-order valence-corrected chi connectivity index (χ3v) is 4.45. The molecule has 2 aliphatic rings. The van der Waals surface area contributed by atoms with Crippen molar-refractivity contribution in [3.8, 4) is 0 Å². The molecule has 0 unspecified atom stereocenters. The summed E-state index contributed by atoms with van der Waals surface area (Å²) in [6.45, 7) is 6.63. The number of hydrogen-bond donors (Lipinski definition) is 0. The van der Waals surface area contributed by atoms with Gasteiger partial charge in [-0.25, -0.2) is 0 Å². The standard InChI is InChI=1S/C17H22N2O2S/c22-17(19-8-12-21-13-9-19)16(15-4-2-1-3-5-15)14-18-6-10-20-11-7-18/h1-5,14H,6-13H2. The minimum atomic E-state index is 0.750. The van der Waals surface area contributed by atoms with Crippen LogP contribution in [0.5, 0.6) is 0 Å². The molecule has 1 aromatic carbocycles. The molecule has 0 radical (unpaired) electrons. The summed E-state index contributed by atoms with van der Waals surface area (Å²) in [6, 6.07) is 10.4. The van der Waals surface area contributed by atoms with Gasteiger partial charge in [0.1, 0.15) is 4.99 Å². The molecule has 4 nitrogen and oxygen atoms in total. The molecular formula is C17H22N2O2S. The van der Waals surface area contributed by atoms with Crippen molar-refractivity contribution in [2.24, 2.45) is 0 Å². The van der Waals surface area contributed by atoms with Gasteiger partial charge in [0.05, 0.1) is 26.4 Å². The molecule has 2 saturated heterocycles. The van der Waals surface area contributed by atoms with E-state index in [2.05, 4.69) is 40.3 Å². The van der Waals surface area contributed by atoms with Crippen molar-refractivity contribution in [2.75, 3.05) is 52.6 Å². The molecule has 3 rings (SSSR count). The van der Waals surface area contributed by atoms with Gasteiger partial charge in [-0.3, -0.25) is 0 Å². The van der Waals surface area contributed by atoms with E-state index in [4.69, 9.17) is 21.7 Å². The van der Waals surface area contributed by atoms with E-state index in [1.165, 1.54) is 5.56 Å². The maximum absolute atomic E-state index is 5.79. The molecule has 0 amide bonds. The summed E-state index contributed by atoms with van der Waals surface area (Å²) in [4.78, 5) is 5.47. The van der Waals surface area contributed by atoms with E-state index in [1.807, 2.05) is 6.07 Å². The highest BCUT2D eigenvalue weighted by Gasteiger charge is 2.19. The highest BCUT2D eigenvalue weighted by molar-refractivity contribution is 7.81. The molecule has 5 heteroatoms. The Kier molecular flexibility index (Phi) is 5.43. The zero-order valence-electron chi connectivity index (χ0n) is 12.7. The van der Waals surface area contributed by atoms with Gasteiger partial charge in [0.25, 0.3) is 0 Å². The molecule has 0 N–H and O–H groups in total. The Morgan fingerprint density at radius 3 is 2.14 bits per heavy atom. The topological polar surface area (TPSA) is 24.9 Å². The first-order valence-corrected chi connectivity index (χ1v) is 8.21. The van der Waals surface area contributed by atoms with Crippen LogP contribution in [0, 0.1) is 0 Å². The van der Waals surface area contributed by atoms with E-state index in [1.54, 1.807) is 0 Å². The second-order valence-electron chi connectivity index (χ2n) is 5.46. The number of benzene rings is 1. The Morgan fingerprint density at radius 1 is 0.909 bits per heavy atom. The molecule has 2 heterocycles. The lowest BCUT2D eigenvalue weighted by Gasteiger charge is -2.32. The fourth-order valence-corrected chi connectivity index (χ4v) is 3.05. The van der Waals surface area contributed by atoms with Crippen LogP contribution in [0.4, 0.5) is 0 Å². The molecule has 1 aromatic rings. The molecule has 0 aromatic heterocycles. The van der Waals surface area contributed by atoms with Crippen molar-refractivity contribution >= 4 is 22.8 Å². The highest BCUT2D eigenvalue weighted by Crippen LogP contribution is 2.21. The van der Waals surface area contributed by atoms with Crippen LogP contribution < -0.4 is 0 Å². The third-order valence-electron chi connectivity index (χ3n) is 3.97. The number of rotatable bonds is 3. The molecule has 22 heavy (non-hydrogen) atoms. The monoisotopic (exact) mass is 318 g/mol. The maximum atomic E-state index is 5.79. The average Bonchev–Trinajstić information content (AvgIpc) is 2.61. The van der Waals surface area contributed by atoms with Gasteiger partial charge in [-0.2, -0.15) is 0 Å². The number of nitrogens with zero attached hydrogens (tertiary/aromatic N) is 2. The molecule has 2 fully saturated rings. The SMILES string of the molecule is S=C(C(=CN1CCOCC1)c1ccccc1)N1CCOCC1. The van der Waals surface area contributed by atoms with Crippen LogP contribution in [0.15, 0.2) is 36.5 Å². The predicted molar refractivity (Wildman–Crippen MR) is 91.8 cm³/mol. The molecule has 0 aliphatic carbocycles. The number of morpholine rings is 2. The highest BCUT2D eigenvalue weighted by atomic mass is 32.1.